The first kappa shape index (κ1) is 27.2. The van der Waals surface area contributed by atoms with Crippen LogP contribution >= 0.6 is 11.6 Å². The molecule has 0 spiro atoms. The van der Waals surface area contributed by atoms with E-state index in [-0.39, 0.29) is 11.4 Å². The molecule has 0 bridgehead atoms. The van der Waals surface area contributed by atoms with E-state index >= 15 is 0 Å². The molecule has 180 valence electrons. The fourth-order valence-corrected chi connectivity index (χ4v) is 4.59. The predicted octanol–water partition coefficient (Wildman–Crippen LogP) is 5.28. The minimum Gasteiger partial charge on any atom is -0.493 e. The number of ether oxygens (including phenoxy) is 1. The van der Waals surface area contributed by atoms with E-state index < -0.39 is 10.0 Å². The molecule has 0 saturated heterocycles. The van der Waals surface area contributed by atoms with E-state index in [0.29, 0.717) is 11.6 Å². The third-order valence-electron chi connectivity index (χ3n) is 5.27. The zero-order valence-electron chi connectivity index (χ0n) is 19.6. The van der Waals surface area contributed by atoms with E-state index in [1.807, 2.05) is 30.3 Å². The summed E-state index contributed by atoms with van der Waals surface area (Å²) < 4.78 is 32.8. The van der Waals surface area contributed by atoms with Crippen molar-refractivity contribution in [2.45, 2.75) is 57.4 Å². The number of rotatable bonds is 15. The molecule has 0 saturated carbocycles. The average Bonchev–Trinajstić information content (AvgIpc) is 2.81. The predicted molar refractivity (Wildman–Crippen MR) is 136 cm³/mol. The Labute approximate surface area is 204 Å². The van der Waals surface area contributed by atoms with Crippen LogP contribution in [-0.2, 0) is 23.0 Å². The number of terminal acetylenes is 1. The standard InChI is InChI=1S/C26H35ClN2O3S/c1-4-7-8-17-29(21-23-20-24(27)11-14-26(23)32-19-6-3)18-15-22-9-12-25(13-10-22)33(30,31)28-16-5-2/h2,9-14,20,28H,4,6-8,15-19,21H2,1,3H3. The number of unbranched alkanes of at least 4 members (excludes halogenated alkanes) is 2. The fraction of sp³-hybridized carbons (Fsp3) is 0.462. The molecule has 0 aliphatic carbocycles. The first-order chi connectivity index (χ1) is 15.9. The molecule has 0 aliphatic rings. The summed E-state index contributed by atoms with van der Waals surface area (Å²) in [5, 5.41) is 0.706. The van der Waals surface area contributed by atoms with Crippen LogP contribution < -0.4 is 9.46 Å². The highest BCUT2D eigenvalue weighted by molar-refractivity contribution is 7.89. The van der Waals surface area contributed by atoms with Crippen LogP contribution in [0.15, 0.2) is 47.4 Å². The van der Waals surface area contributed by atoms with Crippen LogP contribution in [0.5, 0.6) is 5.75 Å². The van der Waals surface area contributed by atoms with Gasteiger partial charge in [0.15, 0.2) is 0 Å². The zero-order valence-corrected chi connectivity index (χ0v) is 21.2. The molecular weight excluding hydrogens is 456 g/mol. The van der Waals surface area contributed by atoms with Crippen LogP contribution in [0.2, 0.25) is 5.02 Å². The quantitative estimate of drug-likeness (QED) is 0.273. The second-order valence-corrected chi connectivity index (χ2v) is 10.2. The Morgan fingerprint density at radius 1 is 1.06 bits per heavy atom. The van der Waals surface area contributed by atoms with Gasteiger partial charge in [0, 0.05) is 23.7 Å². The smallest absolute Gasteiger partial charge is 0.241 e. The number of nitrogens with zero attached hydrogens (tertiary/aromatic N) is 1. The second kappa shape index (κ2) is 14.3. The minimum atomic E-state index is -3.57. The van der Waals surface area contributed by atoms with E-state index in [1.165, 1.54) is 12.8 Å². The van der Waals surface area contributed by atoms with Crippen LogP contribution in [0.4, 0.5) is 0 Å². The fourth-order valence-electron chi connectivity index (χ4n) is 3.46. The van der Waals surface area contributed by atoms with Gasteiger partial charge in [0.2, 0.25) is 10.0 Å². The molecule has 33 heavy (non-hydrogen) atoms. The molecule has 2 aromatic rings. The molecule has 0 aromatic heterocycles. The first-order valence-electron chi connectivity index (χ1n) is 11.5. The molecule has 0 amide bonds. The van der Waals surface area contributed by atoms with E-state index in [2.05, 4.69) is 29.4 Å². The molecule has 0 aliphatic heterocycles. The molecule has 2 aromatic carbocycles. The number of hydrogen-bond donors (Lipinski definition) is 1. The van der Waals surface area contributed by atoms with Crippen LogP contribution in [0, 0.1) is 12.3 Å². The molecular formula is C26H35ClN2O3S. The van der Waals surface area contributed by atoms with Gasteiger partial charge >= 0.3 is 0 Å². The van der Waals surface area contributed by atoms with Crippen molar-refractivity contribution in [3.05, 3.63) is 58.6 Å². The number of benzene rings is 2. The zero-order chi connectivity index (χ0) is 24.1. The third kappa shape index (κ3) is 9.38. The van der Waals surface area contributed by atoms with Crippen molar-refractivity contribution in [2.75, 3.05) is 26.2 Å². The lowest BCUT2D eigenvalue weighted by atomic mass is 10.1. The Morgan fingerprint density at radius 3 is 2.48 bits per heavy atom. The molecule has 7 heteroatoms. The highest BCUT2D eigenvalue weighted by Crippen LogP contribution is 2.25. The van der Waals surface area contributed by atoms with Gasteiger partial charge in [-0.2, -0.15) is 4.72 Å². The molecule has 0 atom stereocenters. The Hall–Kier alpha value is -2.04. The monoisotopic (exact) mass is 490 g/mol. The van der Waals surface area contributed by atoms with Gasteiger partial charge in [0.25, 0.3) is 0 Å². The summed E-state index contributed by atoms with van der Waals surface area (Å²) in [5.74, 6) is 3.17. The van der Waals surface area contributed by atoms with E-state index in [4.69, 9.17) is 22.8 Å². The van der Waals surface area contributed by atoms with Gasteiger partial charge in [-0.05, 0) is 61.7 Å². The lowest BCUT2D eigenvalue weighted by molar-refractivity contribution is 0.253. The van der Waals surface area contributed by atoms with Crippen molar-refractivity contribution in [3.8, 4) is 18.1 Å². The lowest BCUT2D eigenvalue weighted by Crippen LogP contribution is -2.27. The minimum absolute atomic E-state index is 0.0235. The molecule has 2 rings (SSSR count). The van der Waals surface area contributed by atoms with Crippen molar-refractivity contribution in [2.24, 2.45) is 0 Å². The normalized spacial score (nSPS) is 11.5. The van der Waals surface area contributed by atoms with Crippen LogP contribution in [0.3, 0.4) is 0 Å². The van der Waals surface area contributed by atoms with Crippen LogP contribution in [0.25, 0.3) is 0 Å². The van der Waals surface area contributed by atoms with Crippen molar-refractivity contribution >= 4 is 21.6 Å². The average molecular weight is 491 g/mol. The maximum Gasteiger partial charge on any atom is 0.241 e. The molecule has 0 heterocycles. The van der Waals surface area contributed by atoms with Crippen LogP contribution in [0.1, 0.15) is 50.7 Å². The summed E-state index contributed by atoms with van der Waals surface area (Å²) in [6.07, 6.45) is 10.4. The van der Waals surface area contributed by atoms with Crippen molar-refractivity contribution in [1.82, 2.24) is 9.62 Å². The van der Waals surface area contributed by atoms with Gasteiger partial charge < -0.3 is 4.74 Å². The Balaban J connectivity index is 2.08. The highest BCUT2D eigenvalue weighted by Gasteiger charge is 2.14. The van der Waals surface area contributed by atoms with Crippen molar-refractivity contribution < 1.29 is 13.2 Å². The molecule has 5 nitrogen and oxygen atoms in total. The molecule has 0 radical (unpaired) electrons. The number of nitrogens with one attached hydrogen (secondary N) is 1. The van der Waals surface area contributed by atoms with Gasteiger partial charge in [-0.15, -0.1) is 6.42 Å². The molecule has 1 N–H and O–H groups in total. The molecule has 0 fully saturated rings. The Bertz CT molecular complexity index is 1000. The summed E-state index contributed by atoms with van der Waals surface area (Å²) in [5.41, 5.74) is 2.17. The second-order valence-electron chi connectivity index (χ2n) is 8.01. The third-order valence-corrected chi connectivity index (χ3v) is 6.92. The lowest BCUT2D eigenvalue weighted by Gasteiger charge is -2.24. The maximum atomic E-state index is 12.2. The highest BCUT2D eigenvalue weighted by atomic mass is 35.5. The maximum absolute atomic E-state index is 12.2. The van der Waals surface area contributed by atoms with E-state index in [1.54, 1.807) is 12.1 Å². The SMILES string of the molecule is C#CCNS(=O)(=O)c1ccc(CCN(CCCCC)Cc2cc(Cl)ccc2OCCC)cc1. The Kier molecular flexibility index (Phi) is 11.8. The van der Waals surface area contributed by atoms with E-state index in [9.17, 15) is 8.42 Å². The number of sulfonamides is 1. The van der Waals surface area contributed by atoms with Gasteiger partial charge in [-0.1, -0.05) is 56.3 Å². The number of halogens is 1. The summed E-state index contributed by atoms with van der Waals surface area (Å²) in [6, 6.07) is 12.8. The molecule has 0 unspecified atom stereocenters. The summed E-state index contributed by atoms with van der Waals surface area (Å²) >= 11 is 6.28. The van der Waals surface area contributed by atoms with Gasteiger partial charge in [0.05, 0.1) is 18.0 Å². The first-order valence-corrected chi connectivity index (χ1v) is 13.4. The number of hydrogen-bond acceptors (Lipinski definition) is 4. The van der Waals surface area contributed by atoms with E-state index in [0.717, 1.165) is 55.8 Å². The summed E-state index contributed by atoms with van der Waals surface area (Å²) in [4.78, 5) is 2.64. The Morgan fingerprint density at radius 2 is 1.82 bits per heavy atom. The van der Waals surface area contributed by atoms with Gasteiger partial charge in [-0.25, -0.2) is 8.42 Å². The largest absolute Gasteiger partial charge is 0.493 e. The van der Waals surface area contributed by atoms with Gasteiger partial charge in [0.1, 0.15) is 5.75 Å². The van der Waals surface area contributed by atoms with Crippen molar-refractivity contribution in [1.29, 1.82) is 0 Å². The van der Waals surface area contributed by atoms with Gasteiger partial charge in [-0.3, -0.25) is 4.90 Å². The van der Waals surface area contributed by atoms with Crippen LogP contribution in [-0.4, -0.2) is 39.6 Å². The summed E-state index contributed by atoms with van der Waals surface area (Å²) in [7, 11) is -3.57. The van der Waals surface area contributed by atoms with Crippen molar-refractivity contribution in [3.63, 3.8) is 0 Å². The summed E-state index contributed by atoms with van der Waals surface area (Å²) in [6.45, 7) is 7.54. The topological polar surface area (TPSA) is 58.6 Å².